The summed E-state index contributed by atoms with van der Waals surface area (Å²) in [6, 6.07) is 6.09. The molecular weight excluding hydrogens is 262 g/mol. The van der Waals surface area contributed by atoms with Gasteiger partial charge < -0.3 is 9.47 Å². The molecule has 0 unspecified atom stereocenters. The van der Waals surface area contributed by atoms with Crippen LogP contribution in [0.4, 0.5) is 0 Å². The molecule has 21 heavy (non-hydrogen) atoms. The van der Waals surface area contributed by atoms with E-state index in [1.54, 1.807) is 0 Å². The molecule has 3 heteroatoms. The minimum Gasteiger partial charge on any atom is -0.347 e. The van der Waals surface area contributed by atoms with Crippen molar-refractivity contribution < 1.29 is 9.47 Å². The third kappa shape index (κ3) is 1.91. The summed E-state index contributed by atoms with van der Waals surface area (Å²) in [5, 5.41) is 0. The molecule has 4 rings (SSSR count). The Morgan fingerprint density at radius 3 is 2.71 bits per heavy atom. The van der Waals surface area contributed by atoms with Gasteiger partial charge in [0.15, 0.2) is 5.79 Å². The third-order valence-corrected chi connectivity index (χ3v) is 5.90. The Bertz CT molecular complexity index is 558. The lowest BCUT2D eigenvalue weighted by Crippen LogP contribution is -2.46. The molecule has 3 nitrogen and oxygen atoms in total. The highest BCUT2D eigenvalue weighted by Crippen LogP contribution is 2.66. The van der Waals surface area contributed by atoms with Crippen LogP contribution in [0.2, 0.25) is 0 Å². The van der Waals surface area contributed by atoms with Gasteiger partial charge in [0.1, 0.15) is 0 Å². The van der Waals surface area contributed by atoms with E-state index in [9.17, 15) is 0 Å². The second-order valence-corrected chi connectivity index (χ2v) is 7.00. The van der Waals surface area contributed by atoms with Crippen molar-refractivity contribution in [3.05, 3.63) is 35.7 Å². The highest BCUT2D eigenvalue weighted by atomic mass is 16.7. The number of ether oxygens (including phenoxy) is 2. The Morgan fingerprint density at radius 2 is 2.05 bits per heavy atom. The van der Waals surface area contributed by atoms with E-state index in [0.29, 0.717) is 13.2 Å². The predicted molar refractivity (Wildman–Crippen MR) is 81.5 cm³/mol. The molecular formula is C18H23NO2. The Balaban J connectivity index is 1.76. The van der Waals surface area contributed by atoms with E-state index in [-0.39, 0.29) is 5.41 Å². The first-order valence-corrected chi connectivity index (χ1v) is 8.03. The molecule has 2 bridgehead atoms. The summed E-state index contributed by atoms with van der Waals surface area (Å²) in [6.07, 6.45) is 7.68. The van der Waals surface area contributed by atoms with Crippen molar-refractivity contribution in [1.82, 2.24) is 4.98 Å². The fraction of sp³-hybridized carbons (Fsp3) is 0.611. The molecule has 112 valence electrons. The van der Waals surface area contributed by atoms with Crippen molar-refractivity contribution in [2.45, 2.75) is 38.9 Å². The first-order chi connectivity index (χ1) is 10.1. The number of aromatic nitrogens is 1. The van der Waals surface area contributed by atoms with E-state index in [2.05, 4.69) is 31.0 Å². The van der Waals surface area contributed by atoms with E-state index < -0.39 is 5.79 Å². The van der Waals surface area contributed by atoms with Crippen LogP contribution in [0, 0.1) is 17.3 Å². The monoisotopic (exact) mass is 285 g/mol. The highest BCUT2D eigenvalue weighted by Gasteiger charge is 2.63. The molecule has 2 aliphatic carbocycles. The van der Waals surface area contributed by atoms with Crippen LogP contribution in [-0.2, 0) is 9.47 Å². The lowest BCUT2D eigenvalue weighted by atomic mass is 9.71. The normalized spacial score (nSPS) is 39.2. The maximum absolute atomic E-state index is 6.08. The minimum absolute atomic E-state index is 0.0467. The maximum atomic E-state index is 6.08. The zero-order valence-electron chi connectivity index (χ0n) is 12.8. The molecule has 3 fully saturated rings. The summed E-state index contributed by atoms with van der Waals surface area (Å²) in [6.45, 7) is 5.96. The number of nitrogens with zero attached hydrogens (tertiary/aromatic N) is 1. The second-order valence-electron chi connectivity index (χ2n) is 7.00. The second kappa shape index (κ2) is 4.65. The largest absolute Gasteiger partial charge is 0.347 e. The summed E-state index contributed by atoms with van der Waals surface area (Å²) in [7, 11) is 0. The molecule has 2 heterocycles. The molecule has 0 spiro atoms. The van der Waals surface area contributed by atoms with Crippen LogP contribution in [-0.4, -0.2) is 24.0 Å². The van der Waals surface area contributed by atoms with Crippen LogP contribution < -0.4 is 0 Å². The fourth-order valence-corrected chi connectivity index (χ4v) is 4.75. The number of pyridine rings is 1. The average molecular weight is 285 g/mol. The number of hydrogen-bond acceptors (Lipinski definition) is 3. The molecule has 0 aromatic carbocycles. The topological polar surface area (TPSA) is 31.4 Å². The van der Waals surface area contributed by atoms with Gasteiger partial charge in [-0.15, -0.1) is 0 Å². The lowest BCUT2D eigenvalue weighted by Gasteiger charge is -2.43. The van der Waals surface area contributed by atoms with Gasteiger partial charge in [0, 0.05) is 11.6 Å². The highest BCUT2D eigenvalue weighted by molar-refractivity contribution is 5.54. The molecule has 2 saturated carbocycles. The zero-order valence-corrected chi connectivity index (χ0v) is 12.8. The van der Waals surface area contributed by atoms with Gasteiger partial charge in [0.05, 0.1) is 18.9 Å². The van der Waals surface area contributed by atoms with Crippen molar-refractivity contribution in [2.24, 2.45) is 17.3 Å². The number of rotatable bonds is 2. The summed E-state index contributed by atoms with van der Waals surface area (Å²) < 4.78 is 12.2. The molecule has 3 atom stereocenters. The minimum atomic E-state index is -0.451. The molecule has 1 aromatic rings. The van der Waals surface area contributed by atoms with Gasteiger partial charge >= 0.3 is 0 Å². The molecule has 1 saturated heterocycles. The van der Waals surface area contributed by atoms with Crippen molar-refractivity contribution in [3.8, 4) is 0 Å². The molecule has 0 radical (unpaired) electrons. The van der Waals surface area contributed by atoms with Crippen LogP contribution in [0.5, 0.6) is 0 Å². The Morgan fingerprint density at radius 1 is 1.24 bits per heavy atom. The first kappa shape index (κ1) is 13.5. The summed E-state index contributed by atoms with van der Waals surface area (Å²) >= 11 is 0. The Hall–Kier alpha value is -1.19. The van der Waals surface area contributed by atoms with Crippen LogP contribution >= 0.6 is 0 Å². The van der Waals surface area contributed by atoms with Crippen molar-refractivity contribution in [2.75, 3.05) is 13.2 Å². The Kier molecular flexibility index (Phi) is 2.98. The smallest absolute Gasteiger partial charge is 0.174 e. The van der Waals surface area contributed by atoms with E-state index in [1.807, 2.05) is 18.3 Å². The molecule has 0 amide bonds. The predicted octanol–water partition coefficient (Wildman–Crippen LogP) is 3.66. The van der Waals surface area contributed by atoms with Gasteiger partial charge in [0.2, 0.25) is 0 Å². The number of hydrogen-bond donors (Lipinski definition) is 0. The van der Waals surface area contributed by atoms with E-state index in [4.69, 9.17) is 9.47 Å². The van der Waals surface area contributed by atoms with Crippen molar-refractivity contribution in [3.63, 3.8) is 0 Å². The van der Waals surface area contributed by atoms with Crippen molar-refractivity contribution >= 4 is 6.08 Å². The van der Waals surface area contributed by atoms with Crippen LogP contribution in [0.15, 0.2) is 30.0 Å². The average Bonchev–Trinajstić information content (AvgIpc) is 3.15. The number of fused-ring (bicyclic) bond motifs is 2. The van der Waals surface area contributed by atoms with Crippen LogP contribution in [0.25, 0.3) is 6.08 Å². The summed E-state index contributed by atoms with van der Waals surface area (Å²) in [4.78, 5) is 4.47. The molecule has 0 N–H and O–H groups in total. The van der Waals surface area contributed by atoms with Crippen LogP contribution in [0.3, 0.4) is 0 Å². The standard InChI is InChI=1S/C18H23NO2/c1-13-11-18(17(2)20-7-8-21-17)12-14(13)9-15(18)10-16-5-3-4-6-19-16/h3-6,10,13-14H,7-9,11-12H2,1-2H3/b15-10-/t13-,14-,18+/m0/s1. The SMILES string of the molecule is C[C@H]1C[C@@]2(C3(C)OCCO3)C[C@@H]1C/C2=C/c1ccccn1. The molecule has 3 aliphatic rings. The van der Waals surface area contributed by atoms with E-state index in [0.717, 1.165) is 17.5 Å². The van der Waals surface area contributed by atoms with Gasteiger partial charge in [-0.05, 0) is 56.2 Å². The van der Waals surface area contributed by atoms with Crippen molar-refractivity contribution in [1.29, 1.82) is 0 Å². The Labute approximate surface area is 126 Å². The quantitative estimate of drug-likeness (QED) is 0.831. The van der Waals surface area contributed by atoms with Gasteiger partial charge in [-0.25, -0.2) is 0 Å². The zero-order chi connectivity index (χ0) is 14.5. The van der Waals surface area contributed by atoms with E-state index >= 15 is 0 Å². The first-order valence-electron chi connectivity index (χ1n) is 8.03. The van der Waals surface area contributed by atoms with Gasteiger partial charge in [-0.2, -0.15) is 0 Å². The van der Waals surface area contributed by atoms with Gasteiger partial charge in [-0.1, -0.05) is 18.6 Å². The fourth-order valence-electron chi connectivity index (χ4n) is 4.75. The maximum Gasteiger partial charge on any atom is 0.174 e. The van der Waals surface area contributed by atoms with Gasteiger partial charge in [0.25, 0.3) is 0 Å². The van der Waals surface area contributed by atoms with Gasteiger partial charge in [-0.3, -0.25) is 4.98 Å². The summed E-state index contributed by atoms with van der Waals surface area (Å²) in [5.41, 5.74) is 2.58. The van der Waals surface area contributed by atoms with Crippen LogP contribution in [0.1, 0.15) is 38.8 Å². The molecule has 1 aliphatic heterocycles. The third-order valence-electron chi connectivity index (χ3n) is 5.90. The van der Waals surface area contributed by atoms with E-state index in [1.165, 1.54) is 24.8 Å². The summed E-state index contributed by atoms with van der Waals surface area (Å²) in [5.74, 6) is 1.08. The lowest BCUT2D eigenvalue weighted by molar-refractivity contribution is -0.209. The molecule has 1 aromatic heterocycles.